The zero-order valence-corrected chi connectivity index (χ0v) is 10.8. The van der Waals surface area contributed by atoms with Crippen LogP contribution in [0, 0.1) is 0 Å². The van der Waals surface area contributed by atoms with Crippen molar-refractivity contribution in [2.24, 2.45) is 0 Å². The van der Waals surface area contributed by atoms with Gasteiger partial charge in [0, 0.05) is 0 Å². The van der Waals surface area contributed by atoms with Gasteiger partial charge in [-0.25, -0.2) is 14.4 Å². The van der Waals surface area contributed by atoms with Crippen LogP contribution >= 0.6 is 0 Å². The van der Waals surface area contributed by atoms with Gasteiger partial charge >= 0.3 is 23.9 Å². The molecule has 19 heavy (non-hydrogen) atoms. The van der Waals surface area contributed by atoms with E-state index in [-0.39, 0.29) is 0 Å². The summed E-state index contributed by atoms with van der Waals surface area (Å²) < 4.78 is 8.68. The normalized spacial score (nSPS) is 12.8. The Balaban J connectivity index is 4.44. The fourth-order valence-corrected chi connectivity index (χ4v) is 1.08. The Hall–Kier alpha value is -2.32. The molecule has 0 aromatic carbocycles. The van der Waals surface area contributed by atoms with E-state index in [4.69, 9.17) is 5.11 Å². The van der Waals surface area contributed by atoms with E-state index in [9.17, 15) is 19.2 Å². The number of carbonyl (C=O) groups is 4. The third kappa shape index (κ3) is 6.24. The average Bonchev–Trinajstić information content (AvgIpc) is 2.36. The van der Waals surface area contributed by atoms with Crippen LogP contribution in [0.25, 0.3) is 0 Å². The van der Waals surface area contributed by atoms with Gasteiger partial charge in [0.15, 0.2) is 0 Å². The van der Waals surface area contributed by atoms with Crippen molar-refractivity contribution in [2.75, 3.05) is 14.2 Å². The molecule has 9 heteroatoms. The minimum Gasteiger partial charge on any atom is -0.480 e. The minimum absolute atomic E-state index is 0.522. The van der Waals surface area contributed by atoms with Crippen LogP contribution in [0.15, 0.2) is 0 Å². The summed E-state index contributed by atoms with van der Waals surface area (Å²) in [5.41, 5.74) is 0. The van der Waals surface area contributed by atoms with Crippen LogP contribution in [0.3, 0.4) is 0 Å². The van der Waals surface area contributed by atoms with Gasteiger partial charge in [-0.2, -0.15) is 0 Å². The van der Waals surface area contributed by atoms with E-state index >= 15 is 0 Å². The number of carboxylic acid groups (broad SMARTS) is 1. The molecule has 9 nitrogen and oxygen atoms in total. The van der Waals surface area contributed by atoms with E-state index in [1.165, 1.54) is 6.92 Å². The summed E-state index contributed by atoms with van der Waals surface area (Å²) in [6.45, 7) is 1.36. The molecule has 1 unspecified atom stereocenters. The summed E-state index contributed by atoms with van der Waals surface area (Å²) in [6.07, 6.45) is -0.522. The first-order valence-electron chi connectivity index (χ1n) is 5.26. The number of nitrogens with one attached hydrogen (secondary N) is 2. The second-order valence-electron chi connectivity index (χ2n) is 3.53. The number of carboxylic acids is 1. The first-order valence-corrected chi connectivity index (χ1v) is 5.26. The summed E-state index contributed by atoms with van der Waals surface area (Å²) in [4.78, 5) is 44.2. The van der Waals surface area contributed by atoms with Gasteiger partial charge < -0.3 is 25.2 Å². The molecule has 0 aliphatic carbocycles. The van der Waals surface area contributed by atoms with Gasteiger partial charge in [-0.1, -0.05) is 0 Å². The fourth-order valence-electron chi connectivity index (χ4n) is 1.08. The Bertz CT molecular complexity index is 369. The number of hydrogen-bond acceptors (Lipinski definition) is 6. The largest absolute Gasteiger partial charge is 0.480 e. The van der Waals surface area contributed by atoms with Gasteiger partial charge in [0.2, 0.25) is 0 Å². The number of aliphatic carboxylic acids is 1. The molecular weight excluding hydrogens is 260 g/mol. The maximum Gasteiger partial charge on any atom is 0.328 e. The monoisotopic (exact) mass is 276 g/mol. The fraction of sp³-hybridized carbons (Fsp3) is 0.600. The molecule has 0 heterocycles. The van der Waals surface area contributed by atoms with E-state index in [0.717, 1.165) is 14.2 Å². The Morgan fingerprint density at radius 3 is 2.11 bits per heavy atom. The second-order valence-corrected chi connectivity index (χ2v) is 3.53. The Kier molecular flexibility index (Phi) is 6.94. The molecule has 0 aliphatic rings. The first-order chi connectivity index (χ1) is 8.81. The van der Waals surface area contributed by atoms with Crippen LogP contribution in [0.4, 0.5) is 4.79 Å². The Morgan fingerprint density at radius 2 is 1.68 bits per heavy atom. The number of urea groups is 1. The topological polar surface area (TPSA) is 131 Å². The van der Waals surface area contributed by atoms with Crippen molar-refractivity contribution < 1.29 is 33.8 Å². The molecule has 0 rings (SSSR count). The van der Waals surface area contributed by atoms with Crippen molar-refractivity contribution >= 4 is 23.9 Å². The predicted molar refractivity (Wildman–Crippen MR) is 61.2 cm³/mol. The van der Waals surface area contributed by atoms with Crippen molar-refractivity contribution in [3.63, 3.8) is 0 Å². The number of methoxy groups -OCH3 is 2. The van der Waals surface area contributed by atoms with Crippen LogP contribution in [0.5, 0.6) is 0 Å². The van der Waals surface area contributed by atoms with Crippen LogP contribution < -0.4 is 10.6 Å². The summed E-state index contributed by atoms with van der Waals surface area (Å²) in [6, 6.07) is -3.30. The molecule has 0 saturated heterocycles. The predicted octanol–water partition coefficient (Wildman–Crippen LogP) is -1.14. The van der Waals surface area contributed by atoms with Gasteiger partial charge in [0.1, 0.15) is 12.1 Å². The third-order valence-corrected chi connectivity index (χ3v) is 2.10. The highest BCUT2D eigenvalue weighted by atomic mass is 16.5. The van der Waals surface area contributed by atoms with Crippen LogP contribution in [0.1, 0.15) is 13.3 Å². The standard InChI is InChI=1S/C10H16N2O7/c1-5(9(16)19-3)11-10(17)12-6(8(14)15)4-7(13)18-2/h5-6H,4H2,1-3H3,(H,14,15)(H2,11,12,17)/t5?,6-/m0/s1. The summed E-state index contributed by atoms with van der Waals surface area (Å²) in [5.74, 6) is -2.87. The first kappa shape index (κ1) is 16.7. The van der Waals surface area contributed by atoms with Crippen molar-refractivity contribution in [2.45, 2.75) is 25.4 Å². The zero-order valence-electron chi connectivity index (χ0n) is 10.8. The molecule has 0 aliphatic heterocycles. The number of hydrogen-bond donors (Lipinski definition) is 3. The zero-order chi connectivity index (χ0) is 15.0. The SMILES string of the molecule is COC(=O)C[C@H](NC(=O)NC(C)C(=O)OC)C(=O)O. The van der Waals surface area contributed by atoms with Gasteiger partial charge in [-0.05, 0) is 6.92 Å². The van der Waals surface area contributed by atoms with Gasteiger partial charge in [-0.3, -0.25) is 4.79 Å². The molecule has 0 bridgehead atoms. The number of carbonyl (C=O) groups excluding carboxylic acids is 3. The molecule has 0 saturated carbocycles. The lowest BCUT2D eigenvalue weighted by molar-refractivity contribution is -0.147. The van der Waals surface area contributed by atoms with Gasteiger partial charge in [-0.15, -0.1) is 0 Å². The second kappa shape index (κ2) is 7.90. The van der Waals surface area contributed by atoms with Crippen molar-refractivity contribution in [3.05, 3.63) is 0 Å². The lowest BCUT2D eigenvalue weighted by Gasteiger charge is -2.16. The molecule has 2 amide bonds. The molecule has 2 atom stereocenters. The van der Waals surface area contributed by atoms with Crippen LogP contribution in [0.2, 0.25) is 0 Å². The highest BCUT2D eigenvalue weighted by molar-refractivity contribution is 5.88. The smallest absolute Gasteiger partial charge is 0.328 e. The number of rotatable bonds is 6. The average molecular weight is 276 g/mol. The maximum atomic E-state index is 11.4. The number of ether oxygens (including phenoxy) is 2. The molecule has 0 aromatic rings. The van der Waals surface area contributed by atoms with E-state index in [1.807, 2.05) is 5.32 Å². The Labute approximate surface area is 109 Å². The lowest BCUT2D eigenvalue weighted by atomic mass is 10.2. The minimum atomic E-state index is -1.45. The van der Waals surface area contributed by atoms with Crippen LogP contribution in [-0.4, -0.2) is 55.3 Å². The highest BCUT2D eigenvalue weighted by Crippen LogP contribution is 1.95. The molecular formula is C10H16N2O7. The van der Waals surface area contributed by atoms with Gasteiger partial charge in [0.05, 0.1) is 20.6 Å². The lowest BCUT2D eigenvalue weighted by Crippen LogP contribution is -2.51. The highest BCUT2D eigenvalue weighted by Gasteiger charge is 2.25. The molecule has 0 spiro atoms. The van der Waals surface area contributed by atoms with E-state index < -0.39 is 42.4 Å². The van der Waals surface area contributed by atoms with Crippen molar-refractivity contribution in [3.8, 4) is 0 Å². The number of esters is 2. The molecule has 0 radical (unpaired) electrons. The summed E-state index contributed by atoms with van der Waals surface area (Å²) >= 11 is 0. The molecule has 0 aromatic heterocycles. The van der Waals surface area contributed by atoms with Crippen LogP contribution in [-0.2, 0) is 23.9 Å². The van der Waals surface area contributed by atoms with Gasteiger partial charge in [0.25, 0.3) is 0 Å². The summed E-state index contributed by atoms with van der Waals surface area (Å²) in [5, 5.41) is 13.0. The number of amides is 2. The third-order valence-electron chi connectivity index (χ3n) is 2.10. The van der Waals surface area contributed by atoms with Crippen molar-refractivity contribution in [1.29, 1.82) is 0 Å². The van der Waals surface area contributed by atoms with E-state index in [2.05, 4.69) is 14.8 Å². The molecule has 3 N–H and O–H groups in total. The summed E-state index contributed by atoms with van der Waals surface area (Å²) in [7, 11) is 2.25. The molecule has 0 fully saturated rings. The van der Waals surface area contributed by atoms with E-state index in [0.29, 0.717) is 0 Å². The molecule has 108 valence electrons. The quantitative estimate of drug-likeness (QED) is 0.523. The maximum absolute atomic E-state index is 11.4. The van der Waals surface area contributed by atoms with Crippen molar-refractivity contribution in [1.82, 2.24) is 10.6 Å². The Morgan fingerprint density at radius 1 is 1.11 bits per heavy atom. The van der Waals surface area contributed by atoms with E-state index in [1.54, 1.807) is 0 Å².